The molecule has 1 aromatic rings. The molecule has 4 heteroatoms. The van der Waals surface area contributed by atoms with Gasteiger partial charge in [-0.15, -0.1) is 12.4 Å². The number of ketones is 1. The summed E-state index contributed by atoms with van der Waals surface area (Å²) in [6.07, 6.45) is 4.07. The minimum absolute atomic E-state index is 0. The average Bonchev–Trinajstić information content (AvgIpc) is 2.92. The van der Waals surface area contributed by atoms with Crippen LogP contribution < -0.4 is 0 Å². The fourth-order valence-electron chi connectivity index (χ4n) is 2.04. The van der Waals surface area contributed by atoms with E-state index in [4.69, 9.17) is 0 Å². The van der Waals surface area contributed by atoms with Crippen molar-refractivity contribution in [3.05, 3.63) is 58.9 Å². The summed E-state index contributed by atoms with van der Waals surface area (Å²) in [5, 5.41) is 4.30. The van der Waals surface area contributed by atoms with Crippen LogP contribution in [0.2, 0.25) is 0 Å². The van der Waals surface area contributed by atoms with E-state index >= 15 is 0 Å². The predicted molar refractivity (Wildman–Crippen MR) is 87.4 cm³/mol. The highest BCUT2D eigenvalue weighted by atomic mass is 35.5. The number of halogens is 1. The summed E-state index contributed by atoms with van der Waals surface area (Å²) >= 11 is 0. The number of carbonyl (C=O) groups excluding carboxylic acids is 1. The monoisotopic (exact) mass is 297 g/mol. The molecule has 0 fully saturated rings. The highest BCUT2D eigenvalue weighted by Crippen LogP contribution is 2.48. The lowest BCUT2D eigenvalue weighted by atomic mass is 10.0. The van der Waals surface area contributed by atoms with E-state index in [2.05, 4.69) is 10.8 Å². The molecule has 0 spiro atoms. The van der Waals surface area contributed by atoms with E-state index in [0.717, 1.165) is 5.56 Å². The maximum absolute atomic E-state index is 12.8. The quantitative estimate of drug-likeness (QED) is 0.677. The topological polar surface area (TPSA) is 20.3 Å². The second-order valence-electron chi connectivity index (χ2n) is 4.70. The van der Waals surface area contributed by atoms with Crippen molar-refractivity contribution < 1.29 is 4.79 Å². The molecule has 0 saturated heterocycles. The Morgan fingerprint density at radius 3 is 2.11 bits per heavy atom. The lowest BCUT2D eigenvalue weighted by molar-refractivity contribution is 0.0855. The first-order chi connectivity index (χ1) is 8.56. The van der Waals surface area contributed by atoms with Crippen molar-refractivity contribution in [2.45, 2.75) is 11.8 Å². The van der Waals surface area contributed by atoms with Gasteiger partial charge in [-0.3, -0.25) is 9.69 Å². The number of allylic oxidation sites excluding steroid dienone is 2. The second kappa shape index (κ2) is 6.42. The molecule has 104 valence electrons. The molecular weight excluding hydrogens is 278 g/mol. The smallest absolute Gasteiger partial charge is 0.191 e. The van der Waals surface area contributed by atoms with Crippen molar-refractivity contribution in [1.82, 2.24) is 4.90 Å². The van der Waals surface area contributed by atoms with Gasteiger partial charge in [-0.1, -0.05) is 42.5 Å². The third-order valence-corrected chi connectivity index (χ3v) is 6.04. The SMILES string of the molecule is CN(C)C(C)(C(=O)c1ccccc1)[SH]1C=CC=C1.Cl. The van der Waals surface area contributed by atoms with Gasteiger partial charge >= 0.3 is 0 Å². The number of thiol groups is 1. The van der Waals surface area contributed by atoms with Crippen LogP contribution in [-0.4, -0.2) is 29.6 Å². The summed E-state index contributed by atoms with van der Waals surface area (Å²) in [7, 11) is 3.37. The van der Waals surface area contributed by atoms with Crippen molar-refractivity contribution in [1.29, 1.82) is 0 Å². The van der Waals surface area contributed by atoms with E-state index in [9.17, 15) is 4.79 Å². The van der Waals surface area contributed by atoms with Gasteiger partial charge in [-0.05, 0) is 31.8 Å². The third kappa shape index (κ3) is 2.94. The van der Waals surface area contributed by atoms with Crippen LogP contribution in [0.4, 0.5) is 0 Å². The number of rotatable bonds is 4. The number of carbonyl (C=O) groups is 1. The number of benzene rings is 1. The minimum Gasteiger partial charge on any atom is -0.291 e. The summed E-state index contributed by atoms with van der Waals surface area (Å²) in [6, 6.07) is 9.55. The average molecular weight is 298 g/mol. The van der Waals surface area contributed by atoms with Crippen LogP contribution in [0.3, 0.4) is 0 Å². The Morgan fingerprint density at radius 2 is 1.63 bits per heavy atom. The van der Waals surface area contributed by atoms with Crippen molar-refractivity contribution in [2.75, 3.05) is 14.1 Å². The zero-order valence-corrected chi connectivity index (χ0v) is 13.1. The minimum atomic E-state index is -0.578. The standard InChI is InChI=1S/C15H19NOS.ClH/c1-15(16(2)3,18-11-7-8-12-18)14(17)13-9-5-4-6-10-13;/h4-12,18H,1-3H3;1H. The number of hydrogen-bond acceptors (Lipinski definition) is 2. The van der Waals surface area contributed by atoms with Crippen LogP contribution >= 0.6 is 23.3 Å². The van der Waals surface area contributed by atoms with Crippen LogP contribution in [0.15, 0.2) is 53.3 Å². The van der Waals surface area contributed by atoms with E-state index in [1.54, 1.807) is 0 Å². The Kier molecular flexibility index (Phi) is 5.41. The van der Waals surface area contributed by atoms with Crippen LogP contribution in [-0.2, 0) is 0 Å². The summed E-state index contributed by atoms with van der Waals surface area (Å²) in [5.41, 5.74) is 0.782. The van der Waals surface area contributed by atoms with Crippen molar-refractivity contribution >= 4 is 29.1 Å². The first kappa shape index (κ1) is 16.0. The molecule has 0 amide bonds. The first-order valence-electron chi connectivity index (χ1n) is 5.97. The van der Waals surface area contributed by atoms with Crippen molar-refractivity contribution in [3.63, 3.8) is 0 Å². The Balaban J connectivity index is 0.00000180. The normalized spacial score (nSPS) is 18.2. The lowest BCUT2D eigenvalue weighted by Crippen LogP contribution is -2.47. The van der Waals surface area contributed by atoms with Crippen LogP contribution in [0, 0.1) is 0 Å². The zero-order chi connectivity index (χ0) is 13.2. The Labute approximate surface area is 123 Å². The van der Waals surface area contributed by atoms with Gasteiger partial charge in [0.05, 0.1) is 0 Å². The van der Waals surface area contributed by atoms with E-state index in [1.807, 2.05) is 68.4 Å². The molecule has 0 aromatic heterocycles. The van der Waals surface area contributed by atoms with Gasteiger partial charge in [-0.25, -0.2) is 0 Å². The van der Waals surface area contributed by atoms with Gasteiger partial charge in [0.1, 0.15) is 4.87 Å². The Hall–Kier alpha value is -1.03. The van der Waals surface area contributed by atoms with Crippen molar-refractivity contribution in [3.8, 4) is 0 Å². The Bertz CT molecular complexity index is 486. The van der Waals surface area contributed by atoms with E-state index < -0.39 is 15.8 Å². The van der Waals surface area contributed by atoms with Crippen LogP contribution in [0.5, 0.6) is 0 Å². The molecular formula is C15H20ClNOS. The molecule has 19 heavy (non-hydrogen) atoms. The number of hydrogen-bond donors (Lipinski definition) is 1. The van der Waals surface area contributed by atoms with Crippen LogP contribution in [0.25, 0.3) is 0 Å². The van der Waals surface area contributed by atoms with Crippen molar-refractivity contribution in [2.24, 2.45) is 0 Å². The van der Waals surface area contributed by atoms with Gasteiger partial charge < -0.3 is 0 Å². The molecule has 0 saturated carbocycles. The van der Waals surface area contributed by atoms with Gasteiger partial charge in [0, 0.05) is 5.56 Å². The molecule has 1 aromatic carbocycles. The van der Waals surface area contributed by atoms with Gasteiger partial charge in [-0.2, -0.15) is 10.9 Å². The molecule has 2 rings (SSSR count). The summed E-state index contributed by atoms with van der Waals surface area (Å²) in [4.78, 5) is 14.4. The highest BCUT2D eigenvalue weighted by Gasteiger charge is 2.40. The van der Waals surface area contributed by atoms with E-state index in [-0.39, 0.29) is 18.2 Å². The van der Waals surface area contributed by atoms with Crippen LogP contribution in [0.1, 0.15) is 17.3 Å². The van der Waals surface area contributed by atoms with Gasteiger partial charge in [0.15, 0.2) is 5.78 Å². The number of nitrogens with zero attached hydrogens (tertiary/aromatic N) is 1. The third-order valence-electron chi connectivity index (χ3n) is 3.44. The Morgan fingerprint density at radius 1 is 1.11 bits per heavy atom. The highest BCUT2D eigenvalue weighted by molar-refractivity contribution is 8.24. The molecule has 0 N–H and O–H groups in total. The fourth-order valence-corrected chi connectivity index (χ4v) is 4.11. The molecule has 0 aliphatic carbocycles. The zero-order valence-electron chi connectivity index (χ0n) is 11.4. The van der Waals surface area contributed by atoms with E-state index in [1.165, 1.54) is 0 Å². The maximum Gasteiger partial charge on any atom is 0.191 e. The molecule has 1 heterocycles. The molecule has 2 nitrogen and oxygen atoms in total. The number of likely N-dealkylation sites (N-methyl/N-ethyl adjacent to an activating group) is 1. The fraction of sp³-hybridized carbons (Fsp3) is 0.267. The van der Waals surface area contributed by atoms with Gasteiger partial charge in [0.2, 0.25) is 0 Å². The predicted octanol–water partition coefficient (Wildman–Crippen LogP) is 3.61. The molecule has 0 bridgehead atoms. The van der Waals surface area contributed by atoms with E-state index in [0.29, 0.717) is 0 Å². The largest absolute Gasteiger partial charge is 0.291 e. The summed E-state index contributed by atoms with van der Waals surface area (Å²) in [6.45, 7) is 2.04. The maximum atomic E-state index is 12.8. The number of Topliss-reactive ketones (excluding diaryl/α,β-unsaturated/α-hetero) is 1. The molecule has 0 radical (unpaired) electrons. The first-order valence-corrected chi connectivity index (χ1v) is 7.45. The van der Waals surface area contributed by atoms with Gasteiger partial charge in [0.25, 0.3) is 0 Å². The summed E-state index contributed by atoms with van der Waals surface area (Å²) in [5.74, 6) is 0.190. The lowest BCUT2D eigenvalue weighted by Gasteiger charge is -2.40. The second-order valence-corrected chi connectivity index (χ2v) is 6.98. The summed E-state index contributed by atoms with van der Waals surface area (Å²) < 4.78 is 0. The molecule has 1 aliphatic rings. The molecule has 1 atom stereocenters. The molecule has 1 aliphatic heterocycles. The molecule has 1 unspecified atom stereocenters.